The van der Waals surface area contributed by atoms with Gasteiger partial charge in [0, 0.05) is 6.20 Å². The summed E-state index contributed by atoms with van der Waals surface area (Å²) in [5, 5.41) is 13.6. The third kappa shape index (κ3) is 5.86. The Balaban J connectivity index is 1.93. The standard InChI is InChI=1S/C16H18ClN5O2/c17-12-7-4-8-20-15(12)21-13(18)9-14(22-16(19)23)24-10-11-5-2-1-3-6-11/h1-8,14H,9-10H2,(H2,18,20,21)(H3,19,22,23). The summed E-state index contributed by atoms with van der Waals surface area (Å²) in [4.78, 5) is 15.2. The van der Waals surface area contributed by atoms with E-state index in [4.69, 9.17) is 27.5 Å². The van der Waals surface area contributed by atoms with Crippen LogP contribution in [0.15, 0.2) is 48.7 Å². The fraction of sp³-hybridized carbons (Fsp3) is 0.188. The maximum atomic E-state index is 11.1. The molecule has 1 atom stereocenters. The quantitative estimate of drug-likeness (QED) is 0.350. The lowest BCUT2D eigenvalue weighted by molar-refractivity contribution is 0.0308. The molecule has 0 spiro atoms. The Morgan fingerprint density at radius 3 is 2.71 bits per heavy atom. The Kier molecular flexibility index (Phi) is 6.53. The minimum Gasteiger partial charge on any atom is -0.353 e. The smallest absolute Gasteiger partial charge is 0.314 e. The van der Waals surface area contributed by atoms with E-state index < -0.39 is 12.3 Å². The summed E-state index contributed by atoms with van der Waals surface area (Å²) < 4.78 is 5.63. The topological polar surface area (TPSA) is 113 Å². The highest BCUT2D eigenvalue weighted by Gasteiger charge is 2.15. The first kappa shape index (κ1) is 17.7. The maximum absolute atomic E-state index is 11.1. The summed E-state index contributed by atoms with van der Waals surface area (Å²) in [5.74, 6) is 0.451. The number of anilines is 1. The molecular weight excluding hydrogens is 330 g/mol. The first-order valence-electron chi connectivity index (χ1n) is 7.21. The van der Waals surface area contributed by atoms with Crippen molar-refractivity contribution in [3.63, 3.8) is 0 Å². The van der Waals surface area contributed by atoms with E-state index in [-0.39, 0.29) is 18.9 Å². The molecule has 2 rings (SSSR count). The minimum atomic E-state index is -0.745. The second-order valence-corrected chi connectivity index (χ2v) is 5.34. The van der Waals surface area contributed by atoms with Crippen LogP contribution in [0.2, 0.25) is 5.02 Å². The van der Waals surface area contributed by atoms with Crippen LogP contribution in [0, 0.1) is 5.41 Å². The third-order valence-corrected chi connectivity index (χ3v) is 3.32. The Bertz CT molecular complexity index is 696. The van der Waals surface area contributed by atoms with E-state index >= 15 is 0 Å². The lowest BCUT2D eigenvalue weighted by atomic mass is 10.2. The molecule has 1 unspecified atom stereocenters. The van der Waals surface area contributed by atoms with Gasteiger partial charge < -0.3 is 21.1 Å². The zero-order valence-corrected chi connectivity index (χ0v) is 13.6. The second-order valence-electron chi connectivity index (χ2n) is 4.94. The van der Waals surface area contributed by atoms with Crippen molar-refractivity contribution in [3.05, 3.63) is 59.2 Å². The monoisotopic (exact) mass is 347 g/mol. The van der Waals surface area contributed by atoms with Crippen molar-refractivity contribution in [1.82, 2.24) is 10.3 Å². The van der Waals surface area contributed by atoms with Gasteiger partial charge in [0.15, 0.2) is 0 Å². The SMILES string of the molecule is N=C(CC(NC(N)=O)OCc1ccccc1)Nc1ncccc1Cl. The molecule has 0 saturated carbocycles. The molecule has 24 heavy (non-hydrogen) atoms. The number of pyridine rings is 1. The van der Waals surface area contributed by atoms with Crippen LogP contribution in [-0.2, 0) is 11.3 Å². The molecule has 7 nitrogen and oxygen atoms in total. The molecule has 126 valence electrons. The number of hydrogen-bond acceptors (Lipinski definition) is 4. The summed E-state index contributed by atoms with van der Waals surface area (Å²) in [6.45, 7) is 0.281. The van der Waals surface area contributed by atoms with Gasteiger partial charge in [0.1, 0.15) is 17.9 Å². The van der Waals surface area contributed by atoms with Gasteiger partial charge in [-0.3, -0.25) is 5.41 Å². The van der Waals surface area contributed by atoms with Crippen LogP contribution in [0.1, 0.15) is 12.0 Å². The molecule has 0 bridgehead atoms. The summed E-state index contributed by atoms with van der Waals surface area (Å²) in [6, 6.07) is 12.1. The van der Waals surface area contributed by atoms with E-state index in [1.807, 2.05) is 30.3 Å². The highest BCUT2D eigenvalue weighted by atomic mass is 35.5. The first-order chi connectivity index (χ1) is 11.5. The Morgan fingerprint density at radius 1 is 1.29 bits per heavy atom. The molecule has 5 N–H and O–H groups in total. The lowest BCUT2D eigenvalue weighted by Gasteiger charge is -2.19. The number of ether oxygens (including phenoxy) is 1. The average molecular weight is 348 g/mol. The number of nitrogens with one attached hydrogen (secondary N) is 3. The van der Waals surface area contributed by atoms with Crippen molar-refractivity contribution < 1.29 is 9.53 Å². The fourth-order valence-corrected chi connectivity index (χ4v) is 2.11. The van der Waals surface area contributed by atoms with Crippen molar-refractivity contribution in [3.8, 4) is 0 Å². The molecule has 0 aliphatic carbocycles. The Morgan fingerprint density at radius 2 is 2.04 bits per heavy atom. The van der Waals surface area contributed by atoms with E-state index in [0.717, 1.165) is 5.56 Å². The molecule has 1 aromatic heterocycles. The number of carbonyl (C=O) groups is 1. The molecule has 8 heteroatoms. The van der Waals surface area contributed by atoms with Gasteiger partial charge in [-0.15, -0.1) is 0 Å². The Hall–Kier alpha value is -2.64. The fourth-order valence-electron chi connectivity index (χ4n) is 1.94. The number of nitrogens with two attached hydrogens (primary N) is 1. The highest BCUT2D eigenvalue weighted by molar-refractivity contribution is 6.33. The van der Waals surface area contributed by atoms with Crippen LogP contribution in [0.5, 0.6) is 0 Å². The van der Waals surface area contributed by atoms with E-state index in [1.165, 1.54) is 0 Å². The number of benzene rings is 1. The predicted molar refractivity (Wildman–Crippen MR) is 93.0 cm³/mol. The molecule has 0 fully saturated rings. The number of primary amides is 1. The number of aromatic nitrogens is 1. The van der Waals surface area contributed by atoms with Crippen molar-refractivity contribution in [2.75, 3.05) is 5.32 Å². The van der Waals surface area contributed by atoms with E-state index in [2.05, 4.69) is 15.6 Å². The molecule has 1 heterocycles. The molecule has 1 aromatic carbocycles. The molecule has 0 radical (unpaired) electrons. The molecule has 0 aliphatic rings. The van der Waals surface area contributed by atoms with E-state index in [1.54, 1.807) is 18.3 Å². The van der Waals surface area contributed by atoms with Crippen LogP contribution in [-0.4, -0.2) is 23.1 Å². The summed E-state index contributed by atoms with van der Waals surface area (Å²) >= 11 is 5.99. The normalized spacial score (nSPS) is 11.5. The summed E-state index contributed by atoms with van der Waals surface area (Å²) in [7, 11) is 0. The number of carbonyl (C=O) groups excluding carboxylic acids is 1. The molecular formula is C16H18ClN5O2. The zero-order valence-electron chi connectivity index (χ0n) is 12.8. The van der Waals surface area contributed by atoms with Gasteiger partial charge >= 0.3 is 6.03 Å². The number of rotatable bonds is 7. The largest absolute Gasteiger partial charge is 0.353 e. The first-order valence-corrected chi connectivity index (χ1v) is 7.59. The van der Waals surface area contributed by atoms with Gasteiger partial charge in [-0.2, -0.15) is 0 Å². The van der Waals surface area contributed by atoms with Crippen molar-refractivity contribution in [1.29, 1.82) is 5.41 Å². The highest BCUT2D eigenvalue weighted by Crippen LogP contribution is 2.17. The van der Waals surface area contributed by atoms with Gasteiger partial charge in [-0.1, -0.05) is 41.9 Å². The van der Waals surface area contributed by atoms with Crippen molar-refractivity contribution in [2.24, 2.45) is 5.73 Å². The second kappa shape index (κ2) is 8.85. The van der Waals surface area contributed by atoms with Crippen LogP contribution in [0.3, 0.4) is 0 Å². The van der Waals surface area contributed by atoms with E-state index in [9.17, 15) is 4.79 Å². The summed E-state index contributed by atoms with van der Waals surface area (Å²) in [5.41, 5.74) is 6.11. The minimum absolute atomic E-state index is 0.0856. The molecule has 2 amide bonds. The van der Waals surface area contributed by atoms with Gasteiger partial charge in [0.05, 0.1) is 18.1 Å². The van der Waals surface area contributed by atoms with Crippen LogP contribution < -0.4 is 16.4 Å². The number of hydrogen-bond donors (Lipinski definition) is 4. The molecule has 0 aliphatic heterocycles. The number of amidine groups is 1. The van der Waals surface area contributed by atoms with Crippen molar-refractivity contribution >= 4 is 29.3 Å². The molecule has 2 aromatic rings. The number of urea groups is 1. The number of halogens is 1. The predicted octanol–water partition coefficient (Wildman–Crippen LogP) is 2.73. The maximum Gasteiger partial charge on any atom is 0.314 e. The van der Waals surface area contributed by atoms with Gasteiger partial charge in [0.2, 0.25) is 0 Å². The van der Waals surface area contributed by atoms with Gasteiger partial charge in [0.25, 0.3) is 0 Å². The van der Waals surface area contributed by atoms with Crippen molar-refractivity contribution in [2.45, 2.75) is 19.3 Å². The molecule has 0 saturated heterocycles. The average Bonchev–Trinajstić information content (AvgIpc) is 2.55. The lowest BCUT2D eigenvalue weighted by Crippen LogP contribution is -2.42. The Labute approximate surface area is 144 Å². The third-order valence-electron chi connectivity index (χ3n) is 3.01. The number of amides is 2. The van der Waals surface area contributed by atoms with Crippen LogP contribution >= 0.6 is 11.6 Å². The summed E-state index contributed by atoms with van der Waals surface area (Å²) in [6.07, 6.45) is 0.903. The van der Waals surface area contributed by atoms with Gasteiger partial charge in [-0.25, -0.2) is 9.78 Å². The zero-order chi connectivity index (χ0) is 17.4. The van der Waals surface area contributed by atoms with E-state index in [0.29, 0.717) is 10.8 Å². The van der Waals surface area contributed by atoms with Crippen LogP contribution in [0.4, 0.5) is 10.6 Å². The number of nitrogens with zero attached hydrogens (tertiary/aromatic N) is 1. The van der Waals surface area contributed by atoms with Gasteiger partial charge in [-0.05, 0) is 17.7 Å². The van der Waals surface area contributed by atoms with Crippen LogP contribution in [0.25, 0.3) is 0 Å².